The van der Waals surface area contributed by atoms with E-state index in [1.54, 1.807) is 0 Å². The predicted octanol–water partition coefficient (Wildman–Crippen LogP) is 3.50. The summed E-state index contributed by atoms with van der Waals surface area (Å²) >= 11 is 3.56. The lowest BCUT2D eigenvalue weighted by Crippen LogP contribution is -1.92. The number of rotatable bonds is 1. The molecule has 13 heavy (non-hydrogen) atoms. The lowest BCUT2D eigenvalue weighted by Gasteiger charge is -2.00. The largest absolute Gasteiger partial charge is 0.348 e. The molecule has 1 aromatic carbocycles. The minimum absolute atomic E-state index is 1.08. The molecule has 0 saturated heterocycles. The number of hydrogen-bond acceptors (Lipinski definition) is 0. The van der Waals surface area contributed by atoms with Crippen LogP contribution in [0.4, 0.5) is 0 Å². The van der Waals surface area contributed by atoms with Gasteiger partial charge in [0.15, 0.2) is 0 Å². The van der Waals surface area contributed by atoms with Crippen molar-refractivity contribution in [2.75, 3.05) is 0 Å². The van der Waals surface area contributed by atoms with Gasteiger partial charge in [0, 0.05) is 28.1 Å². The van der Waals surface area contributed by atoms with Crippen LogP contribution in [0.25, 0.3) is 10.9 Å². The average molecular weight is 238 g/mol. The Labute approximate surface area is 86.5 Å². The molecule has 1 heterocycles. The molecule has 0 aliphatic rings. The standard InChI is InChI=1S/C11H12BrN/c1-3-8-7-9-10(12)5-4-6-11(9)13(8)2/h4-7H,3H2,1-2H3. The number of nitrogens with zero attached hydrogens (tertiary/aromatic N) is 1. The molecule has 1 aromatic heterocycles. The first-order valence-electron chi connectivity index (χ1n) is 4.47. The fourth-order valence-electron chi connectivity index (χ4n) is 1.72. The van der Waals surface area contributed by atoms with Crippen LogP contribution in [0.15, 0.2) is 28.7 Å². The summed E-state index contributed by atoms with van der Waals surface area (Å²) in [6, 6.07) is 8.56. The van der Waals surface area contributed by atoms with Gasteiger partial charge in [0.25, 0.3) is 0 Å². The molecule has 0 atom stereocenters. The van der Waals surface area contributed by atoms with E-state index in [9.17, 15) is 0 Å². The number of aryl methyl sites for hydroxylation is 2. The van der Waals surface area contributed by atoms with Gasteiger partial charge < -0.3 is 4.57 Å². The van der Waals surface area contributed by atoms with E-state index in [4.69, 9.17) is 0 Å². The molecule has 68 valence electrons. The van der Waals surface area contributed by atoms with Gasteiger partial charge in [-0.3, -0.25) is 0 Å². The van der Waals surface area contributed by atoms with Crippen molar-refractivity contribution in [1.29, 1.82) is 0 Å². The van der Waals surface area contributed by atoms with Crippen molar-refractivity contribution in [3.63, 3.8) is 0 Å². The summed E-state index contributed by atoms with van der Waals surface area (Å²) in [6.07, 6.45) is 1.08. The summed E-state index contributed by atoms with van der Waals surface area (Å²) in [5.41, 5.74) is 2.67. The zero-order chi connectivity index (χ0) is 9.42. The third-order valence-corrected chi connectivity index (χ3v) is 3.19. The van der Waals surface area contributed by atoms with Gasteiger partial charge in [-0.1, -0.05) is 28.9 Å². The SMILES string of the molecule is CCc1cc2c(Br)cccc2n1C. The summed E-state index contributed by atoms with van der Waals surface area (Å²) in [4.78, 5) is 0. The quantitative estimate of drug-likeness (QED) is 0.716. The second kappa shape index (κ2) is 3.18. The molecule has 0 saturated carbocycles. The Morgan fingerprint density at radius 3 is 2.77 bits per heavy atom. The highest BCUT2D eigenvalue weighted by Gasteiger charge is 2.05. The van der Waals surface area contributed by atoms with Crippen LogP contribution in [0.1, 0.15) is 12.6 Å². The highest BCUT2D eigenvalue weighted by molar-refractivity contribution is 9.10. The molecule has 2 rings (SSSR count). The molecule has 0 aliphatic heterocycles. The van der Waals surface area contributed by atoms with E-state index < -0.39 is 0 Å². The Hall–Kier alpha value is -0.760. The first kappa shape index (κ1) is 8.82. The Bertz CT molecular complexity index is 443. The molecule has 0 unspecified atom stereocenters. The van der Waals surface area contributed by atoms with Gasteiger partial charge in [0.05, 0.1) is 0 Å². The van der Waals surface area contributed by atoms with E-state index >= 15 is 0 Å². The van der Waals surface area contributed by atoms with Gasteiger partial charge in [0.1, 0.15) is 0 Å². The zero-order valence-electron chi connectivity index (χ0n) is 7.84. The van der Waals surface area contributed by atoms with Crippen molar-refractivity contribution >= 4 is 26.8 Å². The Morgan fingerprint density at radius 1 is 1.38 bits per heavy atom. The van der Waals surface area contributed by atoms with E-state index in [2.05, 4.69) is 58.7 Å². The molecule has 2 aromatic rings. The van der Waals surface area contributed by atoms with Crippen LogP contribution in [0.3, 0.4) is 0 Å². The molecule has 0 radical (unpaired) electrons. The number of fused-ring (bicyclic) bond motifs is 1. The third-order valence-electron chi connectivity index (χ3n) is 2.50. The number of hydrogen-bond donors (Lipinski definition) is 0. The van der Waals surface area contributed by atoms with Crippen LogP contribution >= 0.6 is 15.9 Å². The van der Waals surface area contributed by atoms with E-state index in [1.165, 1.54) is 21.1 Å². The molecule has 1 nitrogen and oxygen atoms in total. The lowest BCUT2D eigenvalue weighted by molar-refractivity contribution is 0.865. The first-order chi connectivity index (χ1) is 6.24. The molecule has 0 fully saturated rings. The van der Waals surface area contributed by atoms with Crippen LogP contribution in [0.5, 0.6) is 0 Å². The van der Waals surface area contributed by atoms with Crippen LogP contribution in [-0.4, -0.2) is 4.57 Å². The van der Waals surface area contributed by atoms with Crippen molar-refractivity contribution in [3.8, 4) is 0 Å². The minimum Gasteiger partial charge on any atom is -0.348 e. The van der Waals surface area contributed by atoms with E-state index in [0.717, 1.165) is 6.42 Å². The van der Waals surface area contributed by atoms with Gasteiger partial charge in [-0.15, -0.1) is 0 Å². The van der Waals surface area contributed by atoms with E-state index in [-0.39, 0.29) is 0 Å². The average Bonchev–Trinajstić information content (AvgIpc) is 2.45. The van der Waals surface area contributed by atoms with Crippen LogP contribution in [0.2, 0.25) is 0 Å². The number of benzene rings is 1. The summed E-state index contributed by atoms with van der Waals surface area (Å²) < 4.78 is 3.43. The van der Waals surface area contributed by atoms with E-state index in [1.807, 2.05) is 0 Å². The van der Waals surface area contributed by atoms with Crippen molar-refractivity contribution in [3.05, 3.63) is 34.4 Å². The highest BCUT2D eigenvalue weighted by Crippen LogP contribution is 2.26. The molecule has 0 N–H and O–H groups in total. The lowest BCUT2D eigenvalue weighted by atomic mass is 10.2. The van der Waals surface area contributed by atoms with Gasteiger partial charge in [-0.2, -0.15) is 0 Å². The Morgan fingerprint density at radius 2 is 2.15 bits per heavy atom. The highest BCUT2D eigenvalue weighted by atomic mass is 79.9. The first-order valence-corrected chi connectivity index (χ1v) is 5.26. The summed E-state index contributed by atoms with van der Waals surface area (Å²) in [6.45, 7) is 2.18. The number of aromatic nitrogens is 1. The topological polar surface area (TPSA) is 4.93 Å². The van der Waals surface area contributed by atoms with Gasteiger partial charge >= 0.3 is 0 Å². The monoisotopic (exact) mass is 237 g/mol. The minimum atomic E-state index is 1.08. The normalized spacial score (nSPS) is 11.0. The molecule has 0 aliphatic carbocycles. The summed E-state index contributed by atoms with van der Waals surface area (Å²) in [7, 11) is 2.12. The Kier molecular flexibility index (Phi) is 2.16. The fourth-order valence-corrected chi connectivity index (χ4v) is 2.19. The molecular formula is C11H12BrN. The van der Waals surface area contributed by atoms with Gasteiger partial charge in [-0.05, 0) is 24.6 Å². The second-order valence-corrected chi connectivity index (χ2v) is 4.08. The maximum atomic E-state index is 3.56. The van der Waals surface area contributed by atoms with E-state index in [0.29, 0.717) is 0 Å². The maximum Gasteiger partial charge on any atom is 0.0491 e. The second-order valence-electron chi connectivity index (χ2n) is 3.22. The number of halogens is 1. The molecule has 0 bridgehead atoms. The third kappa shape index (κ3) is 1.29. The maximum absolute atomic E-state index is 3.56. The van der Waals surface area contributed by atoms with Gasteiger partial charge in [0.2, 0.25) is 0 Å². The molecule has 0 spiro atoms. The van der Waals surface area contributed by atoms with Crippen LogP contribution in [0, 0.1) is 0 Å². The van der Waals surface area contributed by atoms with Crippen LogP contribution in [-0.2, 0) is 13.5 Å². The molecular weight excluding hydrogens is 226 g/mol. The smallest absolute Gasteiger partial charge is 0.0491 e. The molecule has 0 amide bonds. The van der Waals surface area contributed by atoms with Crippen molar-refractivity contribution in [2.45, 2.75) is 13.3 Å². The van der Waals surface area contributed by atoms with Gasteiger partial charge in [-0.25, -0.2) is 0 Å². The molecule has 2 heteroatoms. The Balaban J connectivity index is 2.83. The fraction of sp³-hybridized carbons (Fsp3) is 0.273. The summed E-state index contributed by atoms with van der Waals surface area (Å²) in [5, 5.41) is 1.31. The van der Waals surface area contributed by atoms with Crippen molar-refractivity contribution in [1.82, 2.24) is 4.57 Å². The predicted molar refractivity (Wildman–Crippen MR) is 60.0 cm³/mol. The van der Waals surface area contributed by atoms with Crippen molar-refractivity contribution in [2.24, 2.45) is 7.05 Å². The van der Waals surface area contributed by atoms with Crippen molar-refractivity contribution < 1.29 is 0 Å². The van der Waals surface area contributed by atoms with Crippen LogP contribution < -0.4 is 0 Å². The zero-order valence-corrected chi connectivity index (χ0v) is 9.43. The summed E-state index contributed by atoms with van der Waals surface area (Å²) in [5.74, 6) is 0.